The lowest BCUT2D eigenvalue weighted by Gasteiger charge is -2.12. The molecule has 29 heavy (non-hydrogen) atoms. The number of aryl methyl sites for hydroxylation is 3. The van der Waals surface area contributed by atoms with Gasteiger partial charge in [-0.25, -0.2) is 4.98 Å². The van der Waals surface area contributed by atoms with Crippen molar-refractivity contribution in [2.24, 2.45) is 0 Å². The third-order valence-electron chi connectivity index (χ3n) is 5.05. The zero-order valence-electron chi connectivity index (χ0n) is 16.7. The first-order chi connectivity index (χ1) is 14.2. The predicted octanol–water partition coefficient (Wildman–Crippen LogP) is 4.46. The van der Waals surface area contributed by atoms with E-state index in [-0.39, 0.29) is 5.56 Å². The molecule has 4 rings (SSSR count). The lowest BCUT2D eigenvalue weighted by molar-refractivity contribution is 0.593. The Morgan fingerprint density at radius 1 is 1.03 bits per heavy atom. The first-order valence-corrected chi connectivity index (χ1v) is 10.8. The maximum Gasteiger partial charge on any atom is 0.282 e. The maximum absolute atomic E-state index is 13.2. The Morgan fingerprint density at radius 2 is 1.79 bits per heavy atom. The highest BCUT2D eigenvalue weighted by atomic mass is 32.2. The summed E-state index contributed by atoms with van der Waals surface area (Å²) in [5.41, 5.74) is 4.75. The monoisotopic (exact) mass is 404 g/mol. The molecule has 2 aromatic carbocycles. The van der Waals surface area contributed by atoms with Crippen molar-refractivity contribution in [3.63, 3.8) is 0 Å². The largest absolute Gasteiger partial charge is 0.285 e. The molecule has 0 saturated heterocycles. The van der Waals surface area contributed by atoms with E-state index in [4.69, 9.17) is 4.98 Å². The van der Waals surface area contributed by atoms with Gasteiger partial charge in [0.1, 0.15) is 5.52 Å². The summed E-state index contributed by atoms with van der Waals surface area (Å²) in [6.07, 6.45) is 2.64. The number of aromatic nitrogens is 4. The standard InChI is InChI=1S/C23H24N4OS/c1-3-26-15-20-21(25-26)22(28)27(14-13-18-10-5-4-6-11-18)23(24-20)29-16-19-12-8-7-9-17(19)2/h4-12,15H,3,13-14,16H2,1-2H3. The molecular weight excluding hydrogens is 380 g/mol. The van der Waals surface area contributed by atoms with E-state index >= 15 is 0 Å². The average molecular weight is 405 g/mol. The van der Waals surface area contributed by atoms with Gasteiger partial charge < -0.3 is 0 Å². The minimum atomic E-state index is -0.0644. The van der Waals surface area contributed by atoms with Crippen molar-refractivity contribution in [2.45, 2.75) is 44.3 Å². The predicted molar refractivity (Wildman–Crippen MR) is 118 cm³/mol. The van der Waals surface area contributed by atoms with Crippen LogP contribution in [0.15, 0.2) is 70.7 Å². The molecule has 0 saturated carbocycles. The number of nitrogens with zero attached hydrogens (tertiary/aromatic N) is 4. The molecule has 0 bridgehead atoms. The Hall–Kier alpha value is -2.86. The highest BCUT2D eigenvalue weighted by Gasteiger charge is 2.15. The molecule has 5 nitrogen and oxygen atoms in total. The Kier molecular flexibility index (Phi) is 5.81. The van der Waals surface area contributed by atoms with E-state index in [1.54, 1.807) is 21.0 Å². The number of benzene rings is 2. The van der Waals surface area contributed by atoms with Crippen LogP contribution in [0.2, 0.25) is 0 Å². The van der Waals surface area contributed by atoms with Gasteiger partial charge in [0.05, 0.1) is 6.20 Å². The fraction of sp³-hybridized carbons (Fsp3) is 0.261. The second kappa shape index (κ2) is 8.66. The van der Waals surface area contributed by atoms with E-state index in [2.05, 4.69) is 36.3 Å². The van der Waals surface area contributed by atoms with Gasteiger partial charge in [0, 0.05) is 18.8 Å². The van der Waals surface area contributed by atoms with Crippen molar-refractivity contribution in [1.82, 2.24) is 19.3 Å². The minimum Gasteiger partial charge on any atom is -0.285 e. The molecule has 0 unspecified atom stereocenters. The lowest BCUT2D eigenvalue weighted by atomic mass is 10.1. The molecule has 6 heteroatoms. The Labute approximate surface area is 174 Å². The minimum absolute atomic E-state index is 0.0644. The average Bonchev–Trinajstić information content (AvgIpc) is 3.17. The van der Waals surface area contributed by atoms with E-state index in [1.807, 2.05) is 43.5 Å². The zero-order valence-corrected chi connectivity index (χ0v) is 17.5. The molecule has 0 spiro atoms. The number of hydrogen-bond donors (Lipinski definition) is 0. The second-order valence-electron chi connectivity index (χ2n) is 7.02. The number of hydrogen-bond acceptors (Lipinski definition) is 4. The van der Waals surface area contributed by atoms with Crippen LogP contribution in [0.1, 0.15) is 23.6 Å². The van der Waals surface area contributed by atoms with Gasteiger partial charge in [-0.3, -0.25) is 14.0 Å². The van der Waals surface area contributed by atoms with Gasteiger partial charge in [0.25, 0.3) is 5.56 Å². The van der Waals surface area contributed by atoms with Crippen molar-refractivity contribution in [3.8, 4) is 0 Å². The van der Waals surface area contributed by atoms with E-state index in [0.29, 0.717) is 24.1 Å². The lowest BCUT2D eigenvalue weighted by Crippen LogP contribution is -2.24. The maximum atomic E-state index is 13.2. The molecule has 0 radical (unpaired) electrons. The highest BCUT2D eigenvalue weighted by Crippen LogP contribution is 2.24. The Bertz CT molecular complexity index is 1180. The van der Waals surface area contributed by atoms with Crippen molar-refractivity contribution in [1.29, 1.82) is 0 Å². The number of thioether (sulfide) groups is 1. The number of fused-ring (bicyclic) bond motifs is 1. The van der Waals surface area contributed by atoms with Crippen molar-refractivity contribution < 1.29 is 0 Å². The summed E-state index contributed by atoms with van der Waals surface area (Å²) in [7, 11) is 0. The fourth-order valence-corrected chi connectivity index (χ4v) is 4.39. The van der Waals surface area contributed by atoms with E-state index < -0.39 is 0 Å². The summed E-state index contributed by atoms with van der Waals surface area (Å²) >= 11 is 1.61. The van der Waals surface area contributed by atoms with Crippen LogP contribution in [0.3, 0.4) is 0 Å². The van der Waals surface area contributed by atoms with Crippen molar-refractivity contribution in [3.05, 3.63) is 87.8 Å². The third-order valence-corrected chi connectivity index (χ3v) is 6.07. The van der Waals surface area contributed by atoms with Crippen LogP contribution in [0, 0.1) is 6.92 Å². The van der Waals surface area contributed by atoms with Gasteiger partial charge >= 0.3 is 0 Å². The molecule has 0 amide bonds. The van der Waals surface area contributed by atoms with Gasteiger partial charge in [-0.05, 0) is 37.0 Å². The first kappa shape index (κ1) is 19.5. The molecule has 148 valence electrons. The van der Waals surface area contributed by atoms with Crippen LogP contribution in [-0.2, 0) is 25.3 Å². The fourth-order valence-electron chi connectivity index (χ4n) is 3.29. The molecule has 4 aromatic rings. The van der Waals surface area contributed by atoms with E-state index in [1.165, 1.54) is 16.7 Å². The summed E-state index contributed by atoms with van der Waals surface area (Å²) < 4.78 is 3.56. The zero-order chi connectivity index (χ0) is 20.2. The van der Waals surface area contributed by atoms with Crippen LogP contribution < -0.4 is 5.56 Å². The van der Waals surface area contributed by atoms with Gasteiger partial charge in [-0.2, -0.15) is 5.10 Å². The van der Waals surface area contributed by atoms with Crippen LogP contribution in [0.5, 0.6) is 0 Å². The molecule has 0 fully saturated rings. The van der Waals surface area contributed by atoms with Crippen LogP contribution >= 0.6 is 11.8 Å². The molecule has 0 atom stereocenters. The summed E-state index contributed by atoms with van der Waals surface area (Å²) in [6, 6.07) is 18.6. The normalized spacial score (nSPS) is 11.2. The molecular formula is C23H24N4OS. The van der Waals surface area contributed by atoms with Gasteiger partial charge in [0.2, 0.25) is 0 Å². The second-order valence-corrected chi connectivity index (χ2v) is 7.96. The summed E-state index contributed by atoms with van der Waals surface area (Å²) in [5, 5.41) is 5.18. The molecule has 0 N–H and O–H groups in total. The third kappa shape index (κ3) is 4.27. The van der Waals surface area contributed by atoms with Gasteiger partial charge in [0.15, 0.2) is 10.7 Å². The Morgan fingerprint density at radius 3 is 2.55 bits per heavy atom. The summed E-state index contributed by atoms with van der Waals surface area (Å²) in [4.78, 5) is 18.0. The molecule has 0 aliphatic carbocycles. The van der Waals surface area contributed by atoms with Crippen LogP contribution in [0.25, 0.3) is 11.0 Å². The topological polar surface area (TPSA) is 52.7 Å². The molecule has 2 aromatic heterocycles. The molecule has 0 aliphatic heterocycles. The Balaban J connectivity index is 1.69. The quantitative estimate of drug-likeness (QED) is 0.337. The van der Waals surface area contributed by atoms with Gasteiger partial charge in [-0.15, -0.1) is 0 Å². The van der Waals surface area contributed by atoms with Crippen LogP contribution in [-0.4, -0.2) is 19.3 Å². The van der Waals surface area contributed by atoms with Crippen molar-refractivity contribution in [2.75, 3.05) is 0 Å². The van der Waals surface area contributed by atoms with Gasteiger partial charge in [-0.1, -0.05) is 66.4 Å². The number of rotatable bonds is 7. The van der Waals surface area contributed by atoms with E-state index in [9.17, 15) is 4.79 Å². The van der Waals surface area contributed by atoms with Crippen LogP contribution in [0.4, 0.5) is 0 Å². The first-order valence-electron chi connectivity index (χ1n) is 9.85. The van der Waals surface area contributed by atoms with Crippen molar-refractivity contribution >= 4 is 22.8 Å². The highest BCUT2D eigenvalue weighted by molar-refractivity contribution is 7.98. The smallest absolute Gasteiger partial charge is 0.282 e. The molecule has 0 aliphatic rings. The molecule has 2 heterocycles. The summed E-state index contributed by atoms with van der Waals surface area (Å²) in [5.74, 6) is 0.776. The summed E-state index contributed by atoms with van der Waals surface area (Å²) in [6.45, 7) is 5.42. The van der Waals surface area contributed by atoms with E-state index in [0.717, 1.165) is 17.3 Å². The SMILES string of the molecule is CCn1cc2nc(SCc3ccccc3C)n(CCc3ccccc3)c(=O)c2n1.